The van der Waals surface area contributed by atoms with Gasteiger partial charge in [0.05, 0.1) is 17.4 Å². The summed E-state index contributed by atoms with van der Waals surface area (Å²) < 4.78 is 0. The maximum absolute atomic E-state index is 12.3. The maximum atomic E-state index is 12.3. The summed E-state index contributed by atoms with van der Waals surface area (Å²) in [5.41, 5.74) is 1.48. The van der Waals surface area contributed by atoms with Crippen LogP contribution < -0.4 is 10.6 Å². The number of anilines is 1. The van der Waals surface area contributed by atoms with E-state index in [1.807, 2.05) is 0 Å². The predicted molar refractivity (Wildman–Crippen MR) is 79.4 cm³/mol. The van der Waals surface area contributed by atoms with Gasteiger partial charge >= 0.3 is 0 Å². The summed E-state index contributed by atoms with van der Waals surface area (Å²) in [7, 11) is 0. The first-order valence-corrected chi connectivity index (χ1v) is 7.08. The van der Waals surface area contributed by atoms with Crippen molar-refractivity contribution in [3.63, 3.8) is 0 Å². The number of rotatable bonds is 7. The Bertz CT molecular complexity index is 404. The lowest BCUT2D eigenvalue weighted by Crippen LogP contribution is -2.38. The molecule has 0 radical (unpaired) electrons. The molecule has 0 aliphatic carbocycles. The summed E-state index contributed by atoms with van der Waals surface area (Å²) >= 11 is 0. The van der Waals surface area contributed by atoms with Crippen molar-refractivity contribution in [2.24, 2.45) is 5.92 Å². The number of pyridine rings is 1. The maximum Gasteiger partial charge on any atom is 0.253 e. The fourth-order valence-corrected chi connectivity index (χ4v) is 1.98. The summed E-state index contributed by atoms with van der Waals surface area (Å²) in [4.78, 5) is 16.4. The van der Waals surface area contributed by atoms with Crippen LogP contribution in [0.15, 0.2) is 18.5 Å². The molecule has 1 rings (SSSR count). The molecule has 1 aromatic heterocycles. The minimum absolute atomic E-state index is 0.0263. The van der Waals surface area contributed by atoms with Crippen molar-refractivity contribution < 1.29 is 4.79 Å². The van der Waals surface area contributed by atoms with Gasteiger partial charge in [0.15, 0.2) is 0 Å². The van der Waals surface area contributed by atoms with Crippen LogP contribution in [-0.4, -0.2) is 23.5 Å². The molecular weight excluding hydrogens is 238 g/mol. The molecule has 0 spiro atoms. The zero-order chi connectivity index (χ0) is 14.3. The first-order chi connectivity index (χ1) is 9.10. The van der Waals surface area contributed by atoms with Crippen LogP contribution in [-0.2, 0) is 0 Å². The highest BCUT2D eigenvalue weighted by atomic mass is 16.1. The van der Waals surface area contributed by atoms with Gasteiger partial charge in [0.1, 0.15) is 0 Å². The van der Waals surface area contributed by atoms with Gasteiger partial charge in [-0.25, -0.2) is 0 Å². The Morgan fingerprint density at radius 1 is 1.37 bits per heavy atom. The van der Waals surface area contributed by atoms with Crippen molar-refractivity contribution in [1.82, 2.24) is 10.3 Å². The summed E-state index contributed by atoms with van der Waals surface area (Å²) in [6.45, 7) is 9.27. The Morgan fingerprint density at radius 2 is 2.11 bits per heavy atom. The van der Waals surface area contributed by atoms with Gasteiger partial charge in [-0.1, -0.05) is 27.7 Å². The van der Waals surface area contributed by atoms with Crippen molar-refractivity contribution in [3.8, 4) is 0 Å². The van der Waals surface area contributed by atoms with Gasteiger partial charge in [-0.15, -0.1) is 0 Å². The molecule has 106 valence electrons. The highest BCUT2D eigenvalue weighted by Gasteiger charge is 2.17. The van der Waals surface area contributed by atoms with E-state index in [9.17, 15) is 4.79 Å². The Hall–Kier alpha value is -1.58. The van der Waals surface area contributed by atoms with Crippen molar-refractivity contribution in [2.45, 2.75) is 46.6 Å². The van der Waals surface area contributed by atoms with E-state index in [0.29, 0.717) is 11.5 Å². The molecule has 1 amide bonds. The predicted octanol–water partition coefficient (Wildman–Crippen LogP) is 3.07. The topological polar surface area (TPSA) is 54.0 Å². The molecule has 0 aliphatic rings. The van der Waals surface area contributed by atoms with E-state index >= 15 is 0 Å². The van der Waals surface area contributed by atoms with E-state index in [2.05, 4.69) is 43.3 Å². The van der Waals surface area contributed by atoms with E-state index in [1.165, 1.54) is 0 Å². The number of aromatic nitrogens is 1. The number of hydrogen-bond acceptors (Lipinski definition) is 3. The lowest BCUT2D eigenvalue weighted by molar-refractivity contribution is 0.0925. The Labute approximate surface area is 116 Å². The summed E-state index contributed by atoms with van der Waals surface area (Å²) in [5.74, 6) is 0.407. The molecule has 1 heterocycles. The summed E-state index contributed by atoms with van der Waals surface area (Å²) in [6, 6.07) is 1.97. The van der Waals surface area contributed by atoms with Gasteiger partial charge in [0, 0.05) is 18.8 Å². The van der Waals surface area contributed by atoms with E-state index in [-0.39, 0.29) is 11.9 Å². The number of nitrogens with zero attached hydrogens (tertiary/aromatic N) is 1. The van der Waals surface area contributed by atoms with Crippen LogP contribution in [0.4, 0.5) is 5.69 Å². The van der Waals surface area contributed by atoms with Gasteiger partial charge in [-0.2, -0.15) is 0 Å². The minimum Gasteiger partial charge on any atom is -0.383 e. The summed E-state index contributed by atoms with van der Waals surface area (Å²) in [6.07, 6.45) is 5.31. The highest BCUT2D eigenvalue weighted by molar-refractivity contribution is 5.99. The number of carbonyl (C=O) groups is 1. The molecule has 1 atom stereocenters. The number of amides is 1. The van der Waals surface area contributed by atoms with Crippen molar-refractivity contribution in [1.29, 1.82) is 0 Å². The molecule has 0 saturated heterocycles. The van der Waals surface area contributed by atoms with Crippen LogP contribution in [0.2, 0.25) is 0 Å². The molecule has 4 nitrogen and oxygen atoms in total. The largest absolute Gasteiger partial charge is 0.383 e. The Kier molecular flexibility index (Phi) is 6.33. The second kappa shape index (κ2) is 7.77. The molecule has 0 bridgehead atoms. The van der Waals surface area contributed by atoms with E-state index in [0.717, 1.165) is 25.1 Å². The molecule has 0 aliphatic heterocycles. The first-order valence-electron chi connectivity index (χ1n) is 7.08. The smallest absolute Gasteiger partial charge is 0.253 e. The highest BCUT2D eigenvalue weighted by Crippen LogP contribution is 2.15. The third-order valence-corrected chi connectivity index (χ3v) is 3.19. The molecule has 1 aromatic rings. The number of nitrogens with one attached hydrogen (secondary N) is 2. The second-order valence-electron chi connectivity index (χ2n) is 5.08. The normalized spacial score (nSPS) is 12.3. The number of hydrogen-bond donors (Lipinski definition) is 2. The van der Waals surface area contributed by atoms with Crippen LogP contribution in [0.1, 0.15) is 50.9 Å². The zero-order valence-corrected chi connectivity index (χ0v) is 12.4. The fraction of sp³-hybridized carbons (Fsp3) is 0.600. The molecule has 0 aromatic carbocycles. The van der Waals surface area contributed by atoms with Crippen molar-refractivity contribution in [3.05, 3.63) is 24.0 Å². The van der Waals surface area contributed by atoms with Gasteiger partial charge in [0.25, 0.3) is 5.91 Å². The van der Waals surface area contributed by atoms with E-state index < -0.39 is 0 Å². The van der Waals surface area contributed by atoms with Crippen LogP contribution in [0.3, 0.4) is 0 Å². The van der Waals surface area contributed by atoms with Gasteiger partial charge in [-0.3, -0.25) is 9.78 Å². The van der Waals surface area contributed by atoms with Crippen LogP contribution in [0.25, 0.3) is 0 Å². The van der Waals surface area contributed by atoms with Crippen molar-refractivity contribution >= 4 is 11.6 Å². The van der Waals surface area contributed by atoms with Gasteiger partial charge < -0.3 is 10.6 Å². The Balaban J connectivity index is 2.81. The van der Waals surface area contributed by atoms with E-state index in [4.69, 9.17) is 0 Å². The quantitative estimate of drug-likeness (QED) is 0.795. The number of carbonyl (C=O) groups excluding carboxylic acids is 1. The average Bonchev–Trinajstić information content (AvgIpc) is 2.42. The fourth-order valence-electron chi connectivity index (χ4n) is 1.98. The van der Waals surface area contributed by atoms with Crippen LogP contribution >= 0.6 is 0 Å². The van der Waals surface area contributed by atoms with Crippen LogP contribution in [0.5, 0.6) is 0 Å². The van der Waals surface area contributed by atoms with Crippen molar-refractivity contribution in [2.75, 3.05) is 11.9 Å². The third-order valence-electron chi connectivity index (χ3n) is 3.19. The lowest BCUT2D eigenvalue weighted by Gasteiger charge is -2.21. The molecular formula is C15H25N3O. The summed E-state index contributed by atoms with van der Waals surface area (Å²) in [5, 5.41) is 6.33. The monoisotopic (exact) mass is 263 g/mol. The molecule has 2 N–H and O–H groups in total. The third kappa shape index (κ3) is 4.54. The molecule has 19 heavy (non-hydrogen) atoms. The zero-order valence-electron chi connectivity index (χ0n) is 12.4. The van der Waals surface area contributed by atoms with Gasteiger partial charge in [-0.05, 0) is 24.8 Å². The minimum atomic E-state index is -0.0263. The molecule has 0 fully saturated rings. The molecule has 1 unspecified atom stereocenters. The SMILES string of the molecule is CCCNc1cnccc1C(=O)NC(CC)C(C)C. The lowest BCUT2D eigenvalue weighted by atomic mass is 10.0. The standard InChI is InChI=1S/C15H25N3O/c1-5-8-17-14-10-16-9-7-12(14)15(19)18-13(6-2)11(3)4/h7,9-11,13,17H,5-6,8H2,1-4H3,(H,18,19). The Morgan fingerprint density at radius 3 is 2.68 bits per heavy atom. The average molecular weight is 263 g/mol. The van der Waals surface area contributed by atoms with Crippen LogP contribution in [0, 0.1) is 5.92 Å². The first kappa shape index (κ1) is 15.5. The molecule has 4 heteroatoms. The second-order valence-corrected chi connectivity index (χ2v) is 5.08. The van der Waals surface area contributed by atoms with E-state index in [1.54, 1.807) is 18.5 Å². The van der Waals surface area contributed by atoms with Gasteiger partial charge in [0.2, 0.25) is 0 Å². The molecule has 0 saturated carbocycles.